The minimum atomic E-state index is -4.58. The fourth-order valence-corrected chi connectivity index (χ4v) is 5.39. The van der Waals surface area contributed by atoms with Crippen LogP contribution in [0, 0.1) is 13.8 Å². The summed E-state index contributed by atoms with van der Waals surface area (Å²) >= 11 is 0. The van der Waals surface area contributed by atoms with Crippen molar-refractivity contribution in [3.05, 3.63) is 47.6 Å². The van der Waals surface area contributed by atoms with Crippen LogP contribution >= 0.6 is 0 Å². The molecule has 2 bridgehead atoms. The largest absolute Gasteiger partial charge is 0.419 e. The Morgan fingerprint density at radius 3 is 2.71 bits per heavy atom. The number of halogens is 3. The third-order valence-corrected chi connectivity index (χ3v) is 6.97. The van der Waals surface area contributed by atoms with E-state index in [4.69, 9.17) is 4.52 Å². The standard InChI is InChI=1S/C24H23F3N6O/c1-11-21(12(2)34-33-11)13-3-5-15-16(9-28-19(15)7-13)22-17(24(25,26)27)10-29-23(32-22)31-20-8-14-4-6-18(20)30-14/h3,5,7,9-10,14,18,20,28,30H,4,6,8H2,1-2H3,(H,29,31,32). The number of rotatable bonds is 4. The summed E-state index contributed by atoms with van der Waals surface area (Å²) in [6, 6.07) is 6.43. The molecular weight excluding hydrogens is 445 g/mol. The van der Waals surface area contributed by atoms with Gasteiger partial charge in [-0.25, -0.2) is 9.97 Å². The molecule has 0 radical (unpaired) electrons. The Balaban J connectivity index is 1.41. The number of fused-ring (bicyclic) bond motifs is 3. The summed E-state index contributed by atoms with van der Waals surface area (Å²) < 4.78 is 47.0. The van der Waals surface area contributed by atoms with Crippen molar-refractivity contribution in [2.24, 2.45) is 0 Å². The second-order valence-electron chi connectivity index (χ2n) is 9.15. The first-order valence-corrected chi connectivity index (χ1v) is 11.3. The number of anilines is 1. The van der Waals surface area contributed by atoms with Crippen molar-refractivity contribution in [2.75, 3.05) is 5.32 Å². The zero-order chi connectivity index (χ0) is 23.6. The van der Waals surface area contributed by atoms with Gasteiger partial charge < -0.3 is 20.1 Å². The highest BCUT2D eigenvalue weighted by Crippen LogP contribution is 2.40. The lowest BCUT2D eigenvalue weighted by molar-refractivity contribution is -0.137. The molecule has 0 amide bonds. The fourth-order valence-electron chi connectivity index (χ4n) is 5.39. The Kier molecular flexibility index (Phi) is 4.70. The van der Waals surface area contributed by atoms with Gasteiger partial charge in [-0.05, 0) is 44.7 Å². The molecule has 6 rings (SSSR count). The van der Waals surface area contributed by atoms with Gasteiger partial charge in [-0.3, -0.25) is 0 Å². The number of aryl methyl sites for hydroxylation is 2. The number of aromatic nitrogens is 4. The van der Waals surface area contributed by atoms with E-state index >= 15 is 0 Å². The quantitative estimate of drug-likeness (QED) is 0.380. The lowest BCUT2D eigenvalue weighted by atomic mass is 9.96. The van der Waals surface area contributed by atoms with Crippen LogP contribution in [0.2, 0.25) is 0 Å². The highest BCUT2D eigenvalue weighted by Gasteiger charge is 2.40. The number of hydrogen-bond acceptors (Lipinski definition) is 6. The van der Waals surface area contributed by atoms with E-state index in [9.17, 15) is 13.2 Å². The molecule has 0 spiro atoms. The predicted octanol–water partition coefficient (Wildman–Crippen LogP) is 5.22. The van der Waals surface area contributed by atoms with Crippen LogP contribution in [0.3, 0.4) is 0 Å². The Morgan fingerprint density at radius 1 is 1.18 bits per heavy atom. The van der Waals surface area contributed by atoms with Crippen LogP contribution in [0.25, 0.3) is 33.3 Å². The molecule has 2 aliphatic rings. The van der Waals surface area contributed by atoms with E-state index in [-0.39, 0.29) is 17.7 Å². The van der Waals surface area contributed by atoms with Crippen molar-refractivity contribution in [3.63, 3.8) is 0 Å². The van der Waals surface area contributed by atoms with E-state index in [1.165, 1.54) is 0 Å². The Labute approximate surface area is 193 Å². The van der Waals surface area contributed by atoms with Gasteiger partial charge in [0.05, 0.1) is 11.4 Å². The summed E-state index contributed by atoms with van der Waals surface area (Å²) in [7, 11) is 0. The maximum Gasteiger partial charge on any atom is 0.419 e. The number of alkyl halides is 3. The third kappa shape index (κ3) is 3.44. The maximum atomic E-state index is 13.9. The van der Waals surface area contributed by atoms with Gasteiger partial charge in [-0.15, -0.1) is 0 Å². The van der Waals surface area contributed by atoms with Crippen LogP contribution in [-0.2, 0) is 6.18 Å². The lowest BCUT2D eigenvalue weighted by Crippen LogP contribution is -2.34. The summed E-state index contributed by atoms with van der Waals surface area (Å²) in [5, 5.41) is 11.4. The second-order valence-corrected chi connectivity index (χ2v) is 9.15. The smallest absolute Gasteiger partial charge is 0.361 e. The molecule has 2 aliphatic heterocycles. The number of benzene rings is 1. The molecule has 176 valence electrons. The molecule has 5 heterocycles. The lowest BCUT2D eigenvalue weighted by Gasteiger charge is -2.22. The van der Waals surface area contributed by atoms with E-state index in [1.54, 1.807) is 12.3 Å². The molecule has 10 heteroatoms. The van der Waals surface area contributed by atoms with Crippen molar-refractivity contribution in [3.8, 4) is 22.4 Å². The number of hydrogen-bond donors (Lipinski definition) is 3. The van der Waals surface area contributed by atoms with Gasteiger partial charge in [0, 0.05) is 52.5 Å². The van der Waals surface area contributed by atoms with Gasteiger partial charge in [-0.2, -0.15) is 13.2 Å². The molecule has 7 nitrogen and oxygen atoms in total. The van der Waals surface area contributed by atoms with E-state index in [0.29, 0.717) is 34.3 Å². The van der Waals surface area contributed by atoms with Gasteiger partial charge in [0.25, 0.3) is 0 Å². The number of aromatic amines is 1. The van der Waals surface area contributed by atoms with E-state index in [1.807, 2.05) is 26.0 Å². The average Bonchev–Trinajstić information content (AvgIpc) is 3.57. The zero-order valence-corrected chi connectivity index (χ0v) is 18.6. The predicted molar refractivity (Wildman–Crippen MR) is 121 cm³/mol. The molecule has 2 fully saturated rings. The molecule has 3 atom stereocenters. The Morgan fingerprint density at radius 2 is 2.03 bits per heavy atom. The Hall–Kier alpha value is -3.40. The van der Waals surface area contributed by atoms with Gasteiger partial charge in [0.2, 0.25) is 5.95 Å². The molecule has 0 saturated carbocycles. The molecule has 3 aromatic heterocycles. The van der Waals surface area contributed by atoms with Gasteiger partial charge in [0.15, 0.2) is 0 Å². The monoisotopic (exact) mass is 468 g/mol. The van der Waals surface area contributed by atoms with Crippen LogP contribution in [0.15, 0.2) is 35.1 Å². The fraction of sp³-hybridized carbons (Fsp3) is 0.375. The third-order valence-electron chi connectivity index (χ3n) is 6.97. The van der Waals surface area contributed by atoms with Crippen LogP contribution in [0.4, 0.5) is 19.1 Å². The zero-order valence-electron chi connectivity index (χ0n) is 18.6. The number of nitrogens with zero attached hydrogens (tertiary/aromatic N) is 3. The summed E-state index contributed by atoms with van der Waals surface area (Å²) in [5.74, 6) is 0.897. The van der Waals surface area contributed by atoms with E-state index in [0.717, 1.165) is 42.3 Å². The minimum absolute atomic E-state index is 0.115. The topological polar surface area (TPSA) is 91.7 Å². The van der Waals surface area contributed by atoms with Crippen LogP contribution in [0.5, 0.6) is 0 Å². The van der Waals surface area contributed by atoms with Crippen molar-refractivity contribution in [2.45, 2.75) is 57.4 Å². The molecule has 3 unspecified atom stereocenters. The normalized spacial score (nSPS) is 22.1. The van der Waals surface area contributed by atoms with Crippen LogP contribution < -0.4 is 10.6 Å². The first kappa shape index (κ1) is 21.2. The number of H-pyrrole nitrogens is 1. The van der Waals surface area contributed by atoms with Crippen LogP contribution in [0.1, 0.15) is 36.3 Å². The second kappa shape index (κ2) is 7.56. The van der Waals surface area contributed by atoms with Gasteiger partial charge >= 0.3 is 6.18 Å². The molecule has 1 aromatic carbocycles. The molecule has 0 aliphatic carbocycles. The first-order chi connectivity index (χ1) is 16.3. The first-order valence-electron chi connectivity index (χ1n) is 11.3. The summed E-state index contributed by atoms with van der Waals surface area (Å²) in [4.78, 5) is 11.5. The van der Waals surface area contributed by atoms with Crippen LogP contribution in [-0.4, -0.2) is 38.2 Å². The minimum Gasteiger partial charge on any atom is -0.361 e. The van der Waals surface area contributed by atoms with E-state index < -0.39 is 11.7 Å². The number of nitrogens with one attached hydrogen (secondary N) is 3. The SMILES string of the molecule is Cc1noc(C)c1-c1ccc2c(-c3nc(NC4CC5CCC4N5)ncc3C(F)(F)F)c[nH]c2c1. The summed E-state index contributed by atoms with van der Waals surface area (Å²) in [5.41, 5.74) is 2.58. The molecule has 4 aromatic rings. The van der Waals surface area contributed by atoms with E-state index in [2.05, 4.69) is 30.7 Å². The summed E-state index contributed by atoms with van der Waals surface area (Å²) in [6.07, 6.45) is 0.966. The van der Waals surface area contributed by atoms with Crippen molar-refractivity contribution in [1.82, 2.24) is 25.4 Å². The van der Waals surface area contributed by atoms with Crippen molar-refractivity contribution < 1.29 is 17.7 Å². The van der Waals surface area contributed by atoms with Gasteiger partial charge in [0.1, 0.15) is 11.3 Å². The molecular formula is C24H23F3N6O. The van der Waals surface area contributed by atoms with Crippen molar-refractivity contribution >= 4 is 16.9 Å². The van der Waals surface area contributed by atoms with Crippen molar-refractivity contribution in [1.29, 1.82) is 0 Å². The van der Waals surface area contributed by atoms with Gasteiger partial charge in [-0.1, -0.05) is 17.3 Å². The summed E-state index contributed by atoms with van der Waals surface area (Å²) in [6.45, 7) is 3.68. The Bertz CT molecular complexity index is 1370. The maximum absolute atomic E-state index is 13.9. The highest BCUT2D eigenvalue weighted by atomic mass is 19.4. The highest BCUT2D eigenvalue weighted by molar-refractivity contribution is 5.97. The molecule has 34 heavy (non-hydrogen) atoms. The average molecular weight is 468 g/mol. The molecule has 3 N–H and O–H groups in total. The molecule has 2 saturated heterocycles.